The molecule has 0 aliphatic heterocycles. The summed E-state index contributed by atoms with van der Waals surface area (Å²) in [5, 5.41) is 0. The second kappa shape index (κ2) is 5.89. The highest BCUT2D eigenvalue weighted by Crippen LogP contribution is 2.22. The summed E-state index contributed by atoms with van der Waals surface area (Å²) < 4.78 is 2.22. The van der Waals surface area contributed by atoms with Gasteiger partial charge in [0.2, 0.25) is 0 Å². The largest absolute Gasteiger partial charge is 0.326 e. The summed E-state index contributed by atoms with van der Waals surface area (Å²) in [6.45, 7) is 7.74. The van der Waals surface area contributed by atoms with E-state index in [2.05, 4.69) is 53.7 Å². The Morgan fingerprint density at radius 1 is 1.14 bits per heavy atom. The first-order chi connectivity index (χ1) is 10.6. The van der Waals surface area contributed by atoms with Crippen molar-refractivity contribution in [3.63, 3.8) is 0 Å². The maximum atomic E-state index is 5.66. The molecule has 0 spiro atoms. The van der Waals surface area contributed by atoms with Gasteiger partial charge in [0.1, 0.15) is 11.3 Å². The van der Waals surface area contributed by atoms with Crippen LogP contribution in [-0.2, 0) is 13.1 Å². The lowest BCUT2D eigenvalue weighted by molar-refractivity contribution is 0.679. The lowest BCUT2D eigenvalue weighted by atomic mass is 10.1. The van der Waals surface area contributed by atoms with E-state index in [9.17, 15) is 0 Å². The van der Waals surface area contributed by atoms with Crippen LogP contribution < -0.4 is 5.73 Å². The molecule has 0 bridgehead atoms. The molecule has 0 amide bonds. The van der Waals surface area contributed by atoms with Crippen molar-refractivity contribution in [2.24, 2.45) is 5.73 Å². The SMILES string of the molecule is Cc1cnc2c(c1)nc(C(C)C)n2Cc1ccc(CN)cc1. The van der Waals surface area contributed by atoms with Crippen LogP contribution in [0.25, 0.3) is 11.2 Å². The molecule has 3 aromatic rings. The highest BCUT2D eigenvalue weighted by Gasteiger charge is 2.15. The van der Waals surface area contributed by atoms with Crippen LogP contribution in [0.3, 0.4) is 0 Å². The maximum Gasteiger partial charge on any atom is 0.160 e. The summed E-state index contributed by atoms with van der Waals surface area (Å²) in [5.74, 6) is 1.44. The van der Waals surface area contributed by atoms with E-state index in [0.717, 1.165) is 34.7 Å². The minimum Gasteiger partial charge on any atom is -0.326 e. The van der Waals surface area contributed by atoms with Gasteiger partial charge in [-0.1, -0.05) is 38.1 Å². The molecule has 0 radical (unpaired) electrons. The molecule has 0 unspecified atom stereocenters. The molecule has 0 atom stereocenters. The van der Waals surface area contributed by atoms with E-state index in [1.165, 1.54) is 5.56 Å². The van der Waals surface area contributed by atoms with E-state index in [1.54, 1.807) is 0 Å². The van der Waals surface area contributed by atoms with Gasteiger partial charge < -0.3 is 10.3 Å². The molecule has 0 aliphatic rings. The molecule has 3 rings (SSSR count). The quantitative estimate of drug-likeness (QED) is 0.802. The van der Waals surface area contributed by atoms with Gasteiger partial charge in [0.05, 0.1) is 6.54 Å². The highest BCUT2D eigenvalue weighted by molar-refractivity contribution is 5.72. The third kappa shape index (κ3) is 2.74. The zero-order valence-corrected chi connectivity index (χ0v) is 13.4. The molecule has 1 aromatic carbocycles. The van der Waals surface area contributed by atoms with Crippen molar-refractivity contribution in [2.75, 3.05) is 0 Å². The first-order valence-electron chi connectivity index (χ1n) is 7.69. The van der Waals surface area contributed by atoms with Gasteiger partial charge in [-0.2, -0.15) is 0 Å². The number of hydrogen-bond acceptors (Lipinski definition) is 3. The standard InChI is InChI=1S/C18H22N4/c1-12(2)17-21-16-8-13(3)10-20-18(16)22(17)11-15-6-4-14(9-19)5-7-15/h4-8,10,12H,9,11,19H2,1-3H3. The number of aryl methyl sites for hydroxylation is 1. The van der Waals surface area contributed by atoms with Crippen LogP contribution in [0.2, 0.25) is 0 Å². The predicted octanol–water partition coefficient (Wildman–Crippen LogP) is 3.37. The van der Waals surface area contributed by atoms with Crippen LogP contribution in [0.1, 0.15) is 42.3 Å². The van der Waals surface area contributed by atoms with Gasteiger partial charge in [-0.25, -0.2) is 9.97 Å². The zero-order valence-electron chi connectivity index (χ0n) is 13.4. The smallest absolute Gasteiger partial charge is 0.160 e. The fourth-order valence-corrected chi connectivity index (χ4v) is 2.69. The zero-order chi connectivity index (χ0) is 15.7. The molecule has 2 aromatic heterocycles. The summed E-state index contributed by atoms with van der Waals surface area (Å²) in [7, 11) is 0. The number of hydrogen-bond donors (Lipinski definition) is 1. The number of pyridine rings is 1. The molecular formula is C18H22N4. The van der Waals surface area contributed by atoms with Gasteiger partial charge >= 0.3 is 0 Å². The Hall–Kier alpha value is -2.20. The average molecular weight is 294 g/mol. The van der Waals surface area contributed by atoms with Crippen molar-refractivity contribution in [2.45, 2.75) is 39.8 Å². The molecule has 22 heavy (non-hydrogen) atoms. The fraction of sp³-hybridized carbons (Fsp3) is 0.333. The number of aromatic nitrogens is 3. The second-order valence-corrected chi connectivity index (χ2v) is 6.09. The van der Waals surface area contributed by atoms with Crippen LogP contribution in [0.5, 0.6) is 0 Å². The first kappa shape index (κ1) is 14.7. The van der Waals surface area contributed by atoms with Crippen LogP contribution in [0.4, 0.5) is 0 Å². The summed E-state index contributed by atoms with van der Waals surface area (Å²) in [5.41, 5.74) is 11.1. The Kier molecular flexibility index (Phi) is 3.94. The van der Waals surface area contributed by atoms with Crippen molar-refractivity contribution in [3.8, 4) is 0 Å². The van der Waals surface area contributed by atoms with Gasteiger partial charge in [0.25, 0.3) is 0 Å². The molecule has 0 aliphatic carbocycles. The molecule has 114 valence electrons. The highest BCUT2D eigenvalue weighted by atomic mass is 15.1. The third-order valence-electron chi connectivity index (χ3n) is 3.87. The summed E-state index contributed by atoms with van der Waals surface area (Å²) in [4.78, 5) is 9.38. The molecule has 4 heteroatoms. The summed E-state index contributed by atoms with van der Waals surface area (Å²) in [6, 6.07) is 10.5. The number of imidazole rings is 1. The van der Waals surface area contributed by atoms with Gasteiger partial charge in [0.15, 0.2) is 5.65 Å². The number of fused-ring (bicyclic) bond motifs is 1. The molecule has 2 heterocycles. The minimum atomic E-state index is 0.359. The van der Waals surface area contributed by atoms with Gasteiger partial charge in [0, 0.05) is 18.7 Å². The number of nitrogens with zero attached hydrogens (tertiary/aromatic N) is 3. The Morgan fingerprint density at radius 2 is 1.82 bits per heavy atom. The van der Waals surface area contributed by atoms with Gasteiger partial charge in [-0.05, 0) is 29.7 Å². The Balaban J connectivity index is 2.05. The molecule has 4 nitrogen and oxygen atoms in total. The average Bonchev–Trinajstić information content (AvgIpc) is 2.86. The maximum absolute atomic E-state index is 5.66. The fourth-order valence-electron chi connectivity index (χ4n) is 2.69. The van der Waals surface area contributed by atoms with Gasteiger partial charge in [-0.3, -0.25) is 0 Å². The van der Waals surface area contributed by atoms with Crippen LogP contribution >= 0.6 is 0 Å². The van der Waals surface area contributed by atoms with E-state index in [1.807, 2.05) is 13.1 Å². The Labute approximate surface area is 131 Å². The summed E-state index contributed by atoms with van der Waals surface area (Å²) in [6.07, 6.45) is 1.90. The van der Waals surface area contributed by atoms with E-state index in [-0.39, 0.29) is 0 Å². The third-order valence-corrected chi connectivity index (χ3v) is 3.87. The van der Waals surface area contributed by atoms with E-state index in [0.29, 0.717) is 12.5 Å². The van der Waals surface area contributed by atoms with Crippen molar-refractivity contribution in [1.29, 1.82) is 0 Å². The molecule has 0 saturated heterocycles. The van der Waals surface area contributed by atoms with Gasteiger partial charge in [-0.15, -0.1) is 0 Å². The Bertz CT molecular complexity index is 785. The molecule has 2 N–H and O–H groups in total. The number of rotatable bonds is 4. The van der Waals surface area contributed by atoms with E-state index >= 15 is 0 Å². The second-order valence-electron chi connectivity index (χ2n) is 6.09. The molecular weight excluding hydrogens is 272 g/mol. The molecule has 0 fully saturated rings. The monoisotopic (exact) mass is 294 g/mol. The Morgan fingerprint density at radius 3 is 2.45 bits per heavy atom. The van der Waals surface area contributed by atoms with E-state index < -0.39 is 0 Å². The summed E-state index contributed by atoms with van der Waals surface area (Å²) >= 11 is 0. The normalized spacial score (nSPS) is 11.5. The van der Waals surface area contributed by atoms with Crippen LogP contribution in [0.15, 0.2) is 36.5 Å². The lowest BCUT2D eigenvalue weighted by Crippen LogP contribution is -2.07. The minimum absolute atomic E-state index is 0.359. The van der Waals surface area contributed by atoms with Crippen molar-refractivity contribution in [3.05, 3.63) is 59.0 Å². The van der Waals surface area contributed by atoms with Crippen molar-refractivity contribution < 1.29 is 0 Å². The van der Waals surface area contributed by atoms with Crippen LogP contribution in [0, 0.1) is 6.92 Å². The number of benzene rings is 1. The number of nitrogens with two attached hydrogens (primary N) is 1. The van der Waals surface area contributed by atoms with Crippen molar-refractivity contribution >= 4 is 11.2 Å². The van der Waals surface area contributed by atoms with Crippen molar-refractivity contribution in [1.82, 2.24) is 14.5 Å². The predicted molar refractivity (Wildman–Crippen MR) is 89.8 cm³/mol. The first-order valence-corrected chi connectivity index (χ1v) is 7.69. The topological polar surface area (TPSA) is 56.7 Å². The molecule has 0 saturated carbocycles. The van der Waals surface area contributed by atoms with E-state index in [4.69, 9.17) is 10.7 Å². The van der Waals surface area contributed by atoms with Crippen LogP contribution in [-0.4, -0.2) is 14.5 Å². The lowest BCUT2D eigenvalue weighted by Gasteiger charge is -2.11.